The van der Waals surface area contributed by atoms with Crippen LogP contribution in [0.2, 0.25) is 0 Å². The maximum atomic E-state index is 12.1. The molecular formula is C18H22N2O2S. The number of pyridine rings is 1. The Hall–Kier alpha value is -1.88. The minimum Gasteiger partial charge on any atom is -0.384 e. The van der Waals surface area contributed by atoms with E-state index in [2.05, 4.69) is 5.32 Å². The molecular weight excluding hydrogens is 308 g/mol. The molecule has 4 nitrogen and oxygen atoms in total. The van der Waals surface area contributed by atoms with Gasteiger partial charge < -0.3 is 9.88 Å². The second-order valence-corrected chi connectivity index (χ2v) is 7.77. The Morgan fingerprint density at radius 1 is 1.26 bits per heavy atom. The van der Waals surface area contributed by atoms with Crippen LogP contribution in [0.3, 0.4) is 0 Å². The fourth-order valence-corrected chi connectivity index (χ4v) is 3.36. The van der Waals surface area contributed by atoms with Crippen LogP contribution in [0, 0.1) is 5.92 Å². The summed E-state index contributed by atoms with van der Waals surface area (Å²) in [5.41, 5.74) is 2.96. The second kappa shape index (κ2) is 6.71. The predicted octanol–water partition coefficient (Wildman–Crippen LogP) is 3.00. The van der Waals surface area contributed by atoms with Gasteiger partial charge in [0.05, 0.1) is 10.8 Å². The summed E-state index contributed by atoms with van der Waals surface area (Å²) in [7, 11) is 0.758. The van der Waals surface area contributed by atoms with Gasteiger partial charge in [-0.25, -0.2) is 0 Å². The minimum atomic E-state index is -0.989. The molecule has 0 aliphatic heterocycles. The zero-order chi connectivity index (χ0) is 16.4. The zero-order valence-corrected chi connectivity index (χ0v) is 14.4. The molecule has 3 rings (SSSR count). The highest BCUT2D eigenvalue weighted by Crippen LogP contribution is 2.33. The largest absolute Gasteiger partial charge is 0.384 e. The van der Waals surface area contributed by atoms with Gasteiger partial charge in [-0.1, -0.05) is 6.92 Å². The molecule has 1 fully saturated rings. The number of rotatable bonds is 6. The molecule has 1 aliphatic carbocycles. The van der Waals surface area contributed by atoms with Crippen LogP contribution < -0.4 is 10.9 Å². The average Bonchev–Trinajstić information content (AvgIpc) is 3.39. The third-order valence-corrected chi connectivity index (χ3v) is 5.50. The van der Waals surface area contributed by atoms with Gasteiger partial charge in [0.1, 0.15) is 0 Å². The molecule has 1 atom stereocenters. The van der Waals surface area contributed by atoms with Crippen molar-refractivity contribution < 1.29 is 4.21 Å². The van der Waals surface area contributed by atoms with Crippen LogP contribution in [-0.2, 0) is 17.8 Å². The van der Waals surface area contributed by atoms with E-state index in [0.717, 1.165) is 34.2 Å². The Morgan fingerprint density at radius 3 is 2.70 bits per heavy atom. The van der Waals surface area contributed by atoms with E-state index in [0.29, 0.717) is 5.75 Å². The van der Waals surface area contributed by atoms with Crippen molar-refractivity contribution in [1.29, 1.82) is 0 Å². The van der Waals surface area contributed by atoms with Crippen LogP contribution in [0.4, 0.5) is 5.69 Å². The average molecular weight is 330 g/mol. The van der Waals surface area contributed by atoms with Crippen LogP contribution in [0.25, 0.3) is 11.1 Å². The van der Waals surface area contributed by atoms with Crippen molar-refractivity contribution in [3.05, 3.63) is 46.9 Å². The van der Waals surface area contributed by atoms with Crippen molar-refractivity contribution in [2.75, 3.05) is 17.6 Å². The quantitative estimate of drug-likeness (QED) is 0.886. The molecule has 1 aliphatic rings. The molecule has 0 spiro atoms. The van der Waals surface area contributed by atoms with E-state index in [-0.39, 0.29) is 5.56 Å². The Morgan fingerprint density at radius 2 is 2.04 bits per heavy atom. The molecule has 1 aromatic heterocycles. The summed E-state index contributed by atoms with van der Waals surface area (Å²) >= 11 is 0. The number of anilines is 1. The van der Waals surface area contributed by atoms with E-state index in [1.165, 1.54) is 12.8 Å². The first-order chi connectivity index (χ1) is 11.1. The van der Waals surface area contributed by atoms with E-state index in [1.807, 2.05) is 37.4 Å². The minimum absolute atomic E-state index is 0.0328. The molecule has 0 saturated heterocycles. The monoisotopic (exact) mass is 330 g/mol. The lowest BCUT2D eigenvalue weighted by atomic mass is 10.1. The fraction of sp³-hybridized carbons (Fsp3) is 0.389. The normalized spacial score (nSPS) is 15.4. The Balaban J connectivity index is 2.02. The third kappa shape index (κ3) is 3.72. The van der Waals surface area contributed by atoms with Gasteiger partial charge in [0.2, 0.25) is 5.56 Å². The third-order valence-electron chi connectivity index (χ3n) is 4.19. The van der Waals surface area contributed by atoms with Crippen LogP contribution >= 0.6 is 0 Å². The van der Waals surface area contributed by atoms with Crippen LogP contribution in [0.5, 0.6) is 0 Å². The first-order valence-electron chi connectivity index (χ1n) is 8.02. The Bertz CT molecular complexity index is 794. The highest BCUT2D eigenvalue weighted by molar-refractivity contribution is 7.85. The van der Waals surface area contributed by atoms with Crippen molar-refractivity contribution >= 4 is 16.5 Å². The topological polar surface area (TPSA) is 51.1 Å². The van der Waals surface area contributed by atoms with E-state index < -0.39 is 10.8 Å². The van der Waals surface area contributed by atoms with Gasteiger partial charge in [-0.2, -0.15) is 0 Å². The SMILES string of the molecule is CCS(=O)c1ccc(NCC2CC2)c(-c2ccc(=O)n(C)c2)c1. The van der Waals surface area contributed by atoms with Gasteiger partial charge in [-0.15, -0.1) is 0 Å². The lowest BCUT2D eigenvalue weighted by molar-refractivity contribution is 0.684. The Kier molecular flexibility index (Phi) is 4.66. The molecule has 122 valence electrons. The summed E-state index contributed by atoms with van der Waals surface area (Å²) in [5.74, 6) is 1.37. The molecule has 1 unspecified atom stereocenters. The van der Waals surface area contributed by atoms with E-state index in [1.54, 1.807) is 17.7 Å². The molecule has 2 aromatic rings. The van der Waals surface area contributed by atoms with Gasteiger partial charge in [0, 0.05) is 53.3 Å². The first kappa shape index (κ1) is 16.0. The van der Waals surface area contributed by atoms with Crippen molar-refractivity contribution in [2.45, 2.75) is 24.7 Å². The summed E-state index contributed by atoms with van der Waals surface area (Å²) < 4.78 is 13.7. The molecule has 5 heteroatoms. The highest BCUT2D eigenvalue weighted by Gasteiger charge is 2.21. The molecule has 1 saturated carbocycles. The van der Waals surface area contributed by atoms with Gasteiger partial charge in [-0.3, -0.25) is 9.00 Å². The van der Waals surface area contributed by atoms with E-state index in [4.69, 9.17) is 0 Å². The lowest BCUT2D eigenvalue weighted by Gasteiger charge is -2.14. The maximum absolute atomic E-state index is 12.1. The maximum Gasteiger partial charge on any atom is 0.250 e. The summed E-state index contributed by atoms with van der Waals surface area (Å²) in [4.78, 5) is 12.5. The van der Waals surface area contributed by atoms with Crippen LogP contribution in [0.1, 0.15) is 19.8 Å². The molecule has 1 N–H and O–H groups in total. The molecule has 23 heavy (non-hydrogen) atoms. The molecule has 0 bridgehead atoms. The first-order valence-corrected chi connectivity index (χ1v) is 9.33. The van der Waals surface area contributed by atoms with E-state index in [9.17, 15) is 9.00 Å². The van der Waals surface area contributed by atoms with Crippen molar-refractivity contribution in [3.63, 3.8) is 0 Å². The number of hydrogen-bond acceptors (Lipinski definition) is 3. The molecule has 0 amide bonds. The number of aromatic nitrogens is 1. The summed E-state index contributed by atoms with van der Waals surface area (Å²) in [6, 6.07) is 9.32. The standard InChI is InChI=1S/C18H22N2O2S/c1-3-23(22)15-7-8-17(19-11-13-4-5-13)16(10-15)14-6-9-18(21)20(2)12-14/h6-10,12-13,19H,3-5,11H2,1-2H3. The smallest absolute Gasteiger partial charge is 0.250 e. The van der Waals surface area contributed by atoms with E-state index >= 15 is 0 Å². The van der Waals surface area contributed by atoms with Crippen molar-refractivity contribution in [3.8, 4) is 11.1 Å². The van der Waals surface area contributed by atoms with Crippen LogP contribution in [-0.4, -0.2) is 21.1 Å². The highest BCUT2D eigenvalue weighted by atomic mass is 32.2. The van der Waals surface area contributed by atoms with Gasteiger partial charge in [0.25, 0.3) is 0 Å². The van der Waals surface area contributed by atoms with Crippen LogP contribution in [0.15, 0.2) is 46.2 Å². The zero-order valence-electron chi connectivity index (χ0n) is 13.5. The summed E-state index contributed by atoms with van der Waals surface area (Å²) in [5, 5.41) is 3.51. The fourth-order valence-electron chi connectivity index (χ4n) is 2.55. The predicted molar refractivity (Wildman–Crippen MR) is 95.3 cm³/mol. The number of aryl methyl sites for hydroxylation is 1. The van der Waals surface area contributed by atoms with Gasteiger partial charge >= 0.3 is 0 Å². The van der Waals surface area contributed by atoms with Gasteiger partial charge in [0.15, 0.2) is 0 Å². The number of hydrogen-bond donors (Lipinski definition) is 1. The summed E-state index contributed by atoms with van der Waals surface area (Å²) in [6.07, 6.45) is 4.42. The Labute approximate surface area is 139 Å². The van der Waals surface area contributed by atoms with Crippen molar-refractivity contribution in [1.82, 2.24) is 4.57 Å². The number of benzene rings is 1. The van der Waals surface area contributed by atoms with Crippen molar-refractivity contribution in [2.24, 2.45) is 13.0 Å². The van der Waals surface area contributed by atoms with Gasteiger partial charge in [-0.05, 0) is 43.0 Å². The number of nitrogens with one attached hydrogen (secondary N) is 1. The summed E-state index contributed by atoms with van der Waals surface area (Å²) in [6.45, 7) is 2.89. The lowest BCUT2D eigenvalue weighted by Crippen LogP contribution is -2.14. The number of nitrogens with zero attached hydrogens (tertiary/aromatic N) is 1. The molecule has 0 radical (unpaired) electrons. The molecule has 1 heterocycles. The second-order valence-electron chi connectivity index (χ2n) is 6.03. The molecule has 1 aromatic carbocycles.